The third-order valence-corrected chi connectivity index (χ3v) is 7.01. The van der Waals surface area contributed by atoms with Gasteiger partial charge in [-0.15, -0.1) is 11.3 Å². The summed E-state index contributed by atoms with van der Waals surface area (Å²) in [5, 5.41) is 1.22. The van der Waals surface area contributed by atoms with Crippen LogP contribution in [0.2, 0.25) is 0 Å². The third kappa shape index (κ3) is 3.59. The molecular weight excluding hydrogens is 397 g/mol. The van der Waals surface area contributed by atoms with E-state index in [-0.39, 0.29) is 0 Å². The summed E-state index contributed by atoms with van der Waals surface area (Å²) in [4.78, 5) is 16.1. The highest BCUT2D eigenvalue weighted by molar-refractivity contribution is 7.19. The zero-order valence-corrected chi connectivity index (χ0v) is 16.7. The fraction of sp³-hybridized carbons (Fsp3) is 0.429. The fourth-order valence-electron chi connectivity index (χ4n) is 4.37. The first-order chi connectivity index (χ1) is 14.0. The van der Waals surface area contributed by atoms with E-state index in [1.807, 2.05) is 0 Å². The summed E-state index contributed by atoms with van der Waals surface area (Å²) in [5.41, 5.74) is 1.55. The van der Waals surface area contributed by atoms with Crippen LogP contribution in [0, 0.1) is 0 Å². The zero-order chi connectivity index (χ0) is 20.0. The molecule has 0 spiro atoms. The van der Waals surface area contributed by atoms with Crippen LogP contribution in [-0.2, 0) is 25.6 Å². The first-order valence-corrected chi connectivity index (χ1v) is 10.7. The minimum Gasteiger partial charge on any atom is -0.353 e. The summed E-state index contributed by atoms with van der Waals surface area (Å²) in [7, 11) is 0. The van der Waals surface area contributed by atoms with Crippen molar-refractivity contribution >= 4 is 27.4 Å². The minimum absolute atomic E-state index is 0.533. The van der Waals surface area contributed by atoms with Crippen molar-refractivity contribution in [2.45, 2.75) is 32.0 Å². The monoisotopic (exact) mass is 418 g/mol. The molecule has 1 fully saturated rings. The number of fused-ring (bicyclic) bond motifs is 3. The molecule has 2 aliphatic rings. The number of nitrogens with zero attached hydrogens (tertiary/aromatic N) is 4. The van der Waals surface area contributed by atoms with E-state index in [2.05, 4.69) is 19.8 Å². The number of aryl methyl sites for hydroxylation is 2. The van der Waals surface area contributed by atoms with Gasteiger partial charge >= 0.3 is 6.18 Å². The number of thiophene rings is 1. The molecule has 2 aromatic heterocycles. The maximum Gasteiger partial charge on any atom is 0.416 e. The maximum absolute atomic E-state index is 12.9. The number of rotatable bonds is 3. The Labute approximate surface area is 171 Å². The molecule has 1 aliphatic heterocycles. The van der Waals surface area contributed by atoms with Gasteiger partial charge in [0.05, 0.1) is 10.9 Å². The van der Waals surface area contributed by atoms with E-state index in [0.29, 0.717) is 12.1 Å². The van der Waals surface area contributed by atoms with Crippen LogP contribution < -0.4 is 4.90 Å². The average molecular weight is 418 g/mol. The van der Waals surface area contributed by atoms with Gasteiger partial charge in [-0.1, -0.05) is 18.2 Å². The Morgan fingerprint density at radius 2 is 1.86 bits per heavy atom. The highest BCUT2D eigenvalue weighted by Gasteiger charge is 2.31. The van der Waals surface area contributed by atoms with Crippen molar-refractivity contribution in [2.24, 2.45) is 0 Å². The van der Waals surface area contributed by atoms with Crippen LogP contribution >= 0.6 is 11.3 Å². The van der Waals surface area contributed by atoms with E-state index < -0.39 is 11.7 Å². The highest BCUT2D eigenvalue weighted by Crippen LogP contribution is 2.40. The van der Waals surface area contributed by atoms with Gasteiger partial charge in [-0.05, 0) is 36.5 Å². The van der Waals surface area contributed by atoms with Crippen molar-refractivity contribution in [1.82, 2.24) is 14.9 Å². The topological polar surface area (TPSA) is 32.3 Å². The van der Waals surface area contributed by atoms with E-state index in [1.54, 1.807) is 23.7 Å². The number of aromatic nitrogens is 2. The molecule has 3 heterocycles. The summed E-state index contributed by atoms with van der Waals surface area (Å²) in [6, 6.07) is 5.64. The number of benzene rings is 1. The quantitative estimate of drug-likeness (QED) is 0.626. The number of piperazine rings is 1. The summed E-state index contributed by atoms with van der Waals surface area (Å²) in [6.07, 6.45) is 0.800. The predicted molar refractivity (Wildman–Crippen MR) is 108 cm³/mol. The lowest BCUT2D eigenvalue weighted by Crippen LogP contribution is -2.46. The molecule has 0 saturated carbocycles. The van der Waals surface area contributed by atoms with Crippen molar-refractivity contribution in [2.75, 3.05) is 31.1 Å². The lowest BCUT2D eigenvalue weighted by molar-refractivity contribution is -0.137. The number of halogens is 3. The van der Waals surface area contributed by atoms with Crippen LogP contribution in [0.5, 0.6) is 0 Å². The summed E-state index contributed by atoms with van der Waals surface area (Å²) < 4.78 is 38.8. The first-order valence-electron chi connectivity index (χ1n) is 9.88. The maximum atomic E-state index is 12.9. The molecule has 1 saturated heterocycles. The Morgan fingerprint density at radius 1 is 1.03 bits per heavy atom. The standard InChI is InChI=1S/C21H21F3N4S/c22-21(23,24)15-4-1-3-14(11-15)12-27-7-9-28(10-8-27)19-18-16-5-2-6-17(16)29-20(18)26-13-25-19/h1,3-4,11,13H,2,5-10,12H2. The van der Waals surface area contributed by atoms with Gasteiger partial charge in [-0.2, -0.15) is 13.2 Å². The number of hydrogen-bond donors (Lipinski definition) is 0. The SMILES string of the molecule is FC(F)(F)c1cccc(CN2CCN(c3ncnc4sc5c(c34)CCC5)CC2)c1. The van der Waals surface area contributed by atoms with E-state index in [1.165, 1.54) is 34.4 Å². The van der Waals surface area contributed by atoms with Gasteiger partial charge in [0, 0.05) is 37.6 Å². The molecular formula is C21H21F3N4S. The smallest absolute Gasteiger partial charge is 0.353 e. The van der Waals surface area contributed by atoms with Gasteiger partial charge in [-0.3, -0.25) is 4.90 Å². The van der Waals surface area contributed by atoms with Crippen molar-refractivity contribution < 1.29 is 13.2 Å². The second kappa shape index (κ2) is 7.25. The molecule has 1 aromatic carbocycles. The van der Waals surface area contributed by atoms with E-state index >= 15 is 0 Å². The van der Waals surface area contributed by atoms with Crippen LogP contribution in [0.3, 0.4) is 0 Å². The second-order valence-electron chi connectivity index (χ2n) is 7.70. The largest absolute Gasteiger partial charge is 0.416 e. The molecule has 0 radical (unpaired) electrons. The fourth-order valence-corrected chi connectivity index (χ4v) is 5.60. The van der Waals surface area contributed by atoms with E-state index in [9.17, 15) is 13.2 Å². The Morgan fingerprint density at radius 3 is 2.66 bits per heavy atom. The summed E-state index contributed by atoms with van der Waals surface area (Å²) in [5.74, 6) is 1.02. The van der Waals surface area contributed by atoms with Gasteiger partial charge in [0.2, 0.25) is 0 Å². The van der Waals surface area contributed by atoms with Gasteiger partial charge < -0.3 is 4.90 Å². The molecule has 1 aliphatic carbocycles. The van der Waals surface area contributed by atoms with Crippen molar-refractivity contribution in [3.63, 3.8) is 0 Å². The minimum atomic E-state index is -4.30. The molecule has 0 N–H and O–H groups in total. The Bertz CT molecular complexity index is 1040. The molecule has 0 atom stereocenters. The molecule has 0 amide bonds. The van der Waals surface area contributed by atoms with E-state index in [4.69, 9.17) is 0 Å². The van der Waals surface area contributed by atoms with Crippen molar-refractivity contribution in [3.05, 3.63) is 52.2 Å². The Kier molecular flexibility index (Phi) is 4.70. The molecule has 4 nitrogen and oxygen atoms in total. The Balaban J connectivity index is 1.30. The molecule has 0 unspecified atom stereocenters. The lowest BCUT2D eigenvalue weighted by atomic mass is 10.1. The van der Waals surface area contributed by atoms with Crippen molar-refractivity contribution in [1.29, 1.82) is 0 Å². The highest BCUT2D eigenvalue weighted by atomic mass is 32.1. The van der Waals surface area contributed by atoms with Crippen LogP contribution in [-0.4, -0.2) is 41.0 Å². The second-order valence-corrected chi connectivity index (χ2v) is 8.78. The number of anilines is 1. The predicted octanol–water partition coefficient (Wildman–Crippen LogP) is 4.52. The van der Waals surface area contributed by atoms with Gasteiger partial charge in [0.15, 0.2) is 0 Å². The molecule has 5 rings (SSSR count). The van der Waals surface area contributed by atoms with Crippen LogP contribution in [0.1, 0.15) is 28.0 Å². The van der Waals surface area contributed by atoms with E-state index in [0.717, 1.165) is 55.7 Å². The summed E-state index contributed by atoms with van der Waals surface area (Å²) in [6.45, 7) is 3.76. The van der Waals surface area contributed by atoms with Gasteiger partial charge in [-0.25, -0.2) is 9.97 Å². The van der Waals surface area contributed by atoms with Gasteiger partial charge in [0.25, 0.3) is 0 Å². The normalized spacial score (nSPS) is 17.8. The molecule has 3 aromatic rings. The molecule has 0 bridgehead atoms. The Hall–Kier alpha value is -2.19. The molecule has 29 heavy (non-hydrogen) atoms. The lowest BCUT2D eigenvalue weighted by Gasteiger charge is -2.35. The van der Waals surface area contributed by atoms with Crippen LogP contribution in [0.15, 0.2) is 30.6 Å². The van der Waals surface area contributed by atoms with Crippen LogP contribution in [0.25, 0.3) is 10.2 Å². The van der Waals surface area contributed by atoms with Crippen LogP contribution in [0.4, 0.5) is 19.0 Å². The average Bonchev–Trinajstić information content (AvgIpc) is 3.29. The zero-order valence-electron chi connectivity index (χ0n) is 15.9. The molecule has 152 valence electrons. The van der Waals surface area contributed by atoms with Crippen molar-refractivity contribution in [3.8, 4) is 0 Å². The third-order valence-electron chi connectivity index (χ3n) is 5.81. The number of hydrogen-bond acceptors (Lipinski definition) is 5. The first kappa shape index (κ1) is 18.8. The number of alkyl halides is 3. The van der Waals surface area contributed by atoms with Gasteiger partial charge in [0.1, 0.15) is 17.0 Å². The summed E-state index contributed by atoms with van der Waals surface area (Å²) >= 11 is 1.79. The molecule has 8 heteroatoms.